The summed E-state index contributed by atoms with van der Waals surface area (Å²) < 4.78 is 7.12. The number of ether oxygens (including phenoxy) is 1. The fraction of sp³-hybridized carbons (Fsp3) is 0.375. The summed E-state index contributed by atoms with van der Waals surface area (Å²) in [5.41, 5.74) is 1.39. The molecule has 2 aromatic rings. The molecule has 110 valence electrons. The summed E-state index contributed by atoms with van der Waals surface area (Å²) in [7, 11) is 0. The number of amides is 1. The molecule has 1 aliphatic heterocycles. The van der Waals surface area contributed by atoms with Crippen molar-refractivity contribution in [3.05, 3.63) is 48.3 Å². The van der Waals surface area contributed by atoms with Gasteiger partial charge in [0.15, 0.2) is 5.69 Å². The van der Waals surface area contributed by atoms with Crippen molar-refractivity contribution in [3.63, 3.8) is 0 Å². The molecular formula is C16H19N3O2. The maximum Gasteiger partial charge on any atom is 0.272 e. The lowest BCUT2D eigenvalue weighted by Crippen LogP contribution is -2.35. The zero-order chi connectivity index (χ0) is 14.5. The van der Waals surface area contributed by atoms with Gasteiger partial charge < -0.3 is 10.1 Å². The lowest BCUT2D eigenvalue weighted by Gasteiger charge is -2.14. The molecule has 1 fully saturated rings. The minimum Gasteiger partial charge on any atom is -0.381 e. The van der Waals surface area contributed by atoms with Crippen molar-refractivity contribution in [1.29, 1.82) is 0 Å². The Morgan fingerprint density at radius 2 is 2.05 bits per heavy atom. The van der Waals surface area contributed by atoms with Crippen molar-refractivity contribution < 1.29 is 9.53 Å². The molecule has 0 bridgehead atoms. The molecular weight excluding hydrogens is 266 g/mol. The summed E-state index contributed by atoms with van der Waals surface area (Å²) in [5, 5.41) is 7.39. The van der Waals surface area contributed by atoms with Crippen LogP contribution >= 0.6 is 0 Å². The number of hydrogen-bond donors (Lipinski definition) is 1. The average Bonchev–Trinajstić information content (AvgIpc) is 2.88. The Bertz CT molecular complexity index is 587. The van der Waals surface area contributed by atoms with Crippen molar-refractivity contribution in [2.75, 3.05) is 13.2 Å². The van der Waals surface area contributed by atoms with Crippen LogP contribution in [-0.2, 0) is 4.74 Å². The van der Waals surface area contributed by atoms with Gasteiger partial charge >= 0.3 is 0 Å². The van der Waals surface area contributed by atoms with E-state index in [1.54, 1.807) is 16.9 Å². The van der Waals surface area contributed by atoms with Crippen LogP contribution in [0.3, 0.4) is 0 Å². The maximum absolute atomic E-state index is 12.2. The Morgan fingerprint density at radius 1 is 1.19 bits per heavy atom. The highest BCUT2D eigenvalue weighted by Gasteiger charge is 2.17. The number of carbonyl (C=O) groups is 1. The Hall–Kier alpha value is -2.14. The molecule has 0 aliphatic carbocycles. The summed E-state index contributed by atoms with van der Waals surface area (Å²) in [6.07, 6.45) is 4.63. The topological polar surface area (TPSA) is 56.1 Å². The van der Waals surface area contributed by atoms with Gasteiger partial charge in [-0.25, -0.2) is 4.68 Å². The molecule has 0 spiro atoms. The third kappa shape index (κ3) is 3.49. The van der Waals surface area contributed by atoms with Gasteiger partial charge in [0.2, 0.25) is 0 Å². The first-order valence-electron chi connectivity index (χ1n) is 7.32. The van der Waals surface area contributed by atoms with Crippen molar-refractivity contribution in [1.82, 2.24) is 15.1 Å². The number of nitrogens with one attached hydrogen (secondary N) is 1. The summed E-state index contributed by atoms with van der Waals surface area (Å²) in [6.45, 7) is 1.50. The number of benzene rings is 1. The SMILES string of the molecule is O=C(NC1CCCOCC1)c1ccn(-c2ccccc2)n1. The molecule has 1 saturated heterocycles. The molecule has 1 aromatic carbocycles. The summed E-state index contributed by atoms with van der Waals surface area (Å²) >= 11 is 0. The predicted octanol–water partition coefficient (Wildman–Crippen LogP) is 2.17. The maximum atomic E-state index is 12.2. The number of para-hydroxylation sites is 1. The second kappa shape index (κ2) is 6.54. The van der Waals surface area contributed by atoms with Crippen molar-refractivity contribution in [3.8, 4) is 5.69 Å². The second-order valence-electron chi connectivity index (χ2n) is 5.19. The van der Waals surface area contributed by atoms with Crippen LogP contribution in [0.15, 0.2) is 42.6 Å². The number of carbonyl (C=O) groups excluding carboxylic acids is 1. The predicted molar refractivity (Wildman–Crippen MR) is 79.5 cm³/mol. The highest BCUT2D eigenvalue weighted by Crippen LogP contribution is 2.10. The van der Waals surface area contributed by atoms with Crippen LogP contribution in [0.2, 0.25) is 0 Å². The molecule has 2 heterocycles. The first kappa shape index (κ1) is 13.8. The lowest BCUT2D eigenvalue weighted by molar-refractivity contribution is 0.0924. The van der Waals surface area contributed by atoms with Crippen LogP contribution in [-0.4, -0.2) is 34.9 Å². The van der Waals surface area contributed by atoms with Crippen LogP contribution < -0.4 is 5.32 Å². The Labute approximate surface area is 123 Å². The molecule has 1 aromatic heterocycles. The molecule has 5 heteroatoms. The first-order chi connectivity index (χ1) is 10.3. The van der Waals surface area contributed by atoms with E-state index in [1.165, 1.54) is 0 Å². The van der Waals surface area contributed by atoms with E-state index < -0.39 is 0 Å². The summed E-state index contributed by atoms with van der Waals surface area (Å²) in [6, 6.07) is 11.7. The molecule has 1 unspecified atom stereocenters. The van der Waals surface area contributed by atoms with Crippen LogP contribution in [0, 0.1) is 0 Å². The van der Waals surface area contributed by atoms with Gasteiger partial charge in [-0.3, -0.25) is 4.79 Å². The number of rotatable bonds is 3. The highest BCUT2D eigenvalue weighted by atomic mass is 16.5. The van der Waals surface area contributed by atoms with E-state index in [1.807, 2.05) is 30.3 Å². The second-order valence-corrected chi connectivity index (χ2v) is 5.19. The van der Waals surface area contributed by atoms with Gasteiger partial charge in [-0.1, -0.05) is 18.2 Å². The summed E-state index contributed by atoms with van der Waals surface area (Å²) in [4.78, 5) is 12.2. The van der Waals surface area contributed by atoms with E-state index in [9.17, 15) is 4.79 Å². The zero-order valence-corrected chi connectivity index (χ0v) is 11.9. The van der Waals surface area contributed by atoms with E-state index in [0.717, 1.165) is 31.6 Å². The third-order valence-corrected chi connectivity index (χ3v) is 3.63. The molecule has 1 aliphatic rings. The van der Waals surface area contributed by atoms with Crippen molar-refractivity contribution in [2.45, 2.75) is 25.3 Å². The Kier molecular flexibility index (Phi) is 4.31. The van der Waals surface area contributed by atoms with E-state index in [0.29, 0.717) is 12.3 Å². The van der Waals surface area contributed by atoms with Crippen LogP contribution in [0.25, 0.3) is 5.69 Å². The quantitative estimate of drug-likeness (QED) is 0.940. The first-order valence-corrected chi connectivity index (χ1v) is 7.32. The van der Waals surface area contributed by atoms with E-state index in [2.05, 4.69) is 10.4 Å². The fourth-order valence-electron chi connectivity index (χ4n) is 2.48. The average molecular weight is 285 g/mol. The van der Waals surface area contributed by atoms with E-state index in [-0.39, 0.29) is 11.9 Å². The lowest BCUT2D eigenvalue weighted by atomic mass is 10.1. The van der Waals surface area contributed by atoms with Gasteiger partial charge in [0.1, 0.15) is 0 Å². The molecule has 21 heavy (non-hydrogen) atoms. The molecule has 3 rings (SSSR count). The number of nitrogens with zero attached hydrogens (tertiary/aromatic N) is 2. The number of aromatic nitrogens is 2. The van der Waals surface area contributed by atoms with Crippen molar-refractivity contribution >= 4 is 5.91 Å². The normalized spacial score (nSPS) is 19.0. The highest BCUT2D eigenvalue weighted by molar-refractivity contribution is 5.92. The van der Waals surface area contributed by atoms with E-state index in [4.69, 9.17) is 4.74 Å². The van der Waals surface area contributed by atoms with Gasteiger partial charge in [-0.15, -0.1) is 0 Å². The van der Waals surface area contributed by atoms with Crippen LogP contribution in [0.4, 0.5) is 0 Å². The minimum absolute atomic E-state index is 0.114. The van der Waals surface area contributed by atoms with Gasteiger partial charge in [0, 0.05) is 25.5 Å². The monoisotopic (exact) mass is 285 g/mol. The number of hydrogen-bond acceptors (Lipinski definition) is 3. The Balaban J connectivity index is 1.66. The molecule has 0 saturated carbocycles. The molecule has 1 amide bonds. The molecule has 1 atom stereocenters. The fourth-order valence-corrected chi connectivity index (χ4v) is 2.48. The summed E-state index contributed by atoms with van der Waals surface area (Å²) in [5.74, 6) is -0.114. The van der Waals surface area contributed by atoms with Crippen molar-refractivity contribution in [2.24, 2.45) is 0 Å². The molecule has 0 radical (unpaired) electrons. The van der Waals surface area contributed by atoms with Crippen LogP contribution in [0.1, 0.15) is 29.8 Å². The Morgan fingerprint density at radius 3 is 2.90 bits per heavy atom. The van der Waals surface area contributed by atoms with Crippen LogP contribution in [0.5, 0.6) is 0 Å². The minimum atomic E-state index is -0.114. The smallest absolute Gasteiger partial charge is 0.272 e. The standard InChI is InChI=1S/C16H19N3O2/c20-16(17-13-5-4-11-21-12-9-13)15-8-10-19(18-15)14-6-2-1-3-7-14/h1-3,6-8,10,13H,4-5,9,11-12H2,(H,17,20). The third-order valence-electron chi connectivity index (χ3n) is 3.63. The molecule has 5 nitrogen and oxygen atoms in total. The van der Waals surface area contributed by atoms with Gasteiger partial charge in [0.25, 0.3) is 5.91 Å². The van der Waals surface area contributed by atoms with Gasteiger partial charge in [-0.05, 0) is 37.5 Å². The zero-order valence-electron chi connectivity index (χ0n) is 11.9. The van der Waals surface area contributed by atoms with Gasteiger partial charge in [0.05, 0.1) is 5.69 Å². The molecule has 1 N–H and O–H groups in total. The largest absolute Gasteiger partial charge is 0.381 e. The van der Waals surface area contributed by atoms with Gasteiger partial charge in [-0.2, -0.15) is 5.10 Å². The van der Waals surface area contributed by atoms with E-state index >= 15 is 0 Å².